The van der Waals surface area contributed by atoms with Crippen molar-refractivity contribution in [3.63, 3.8) is 0 Å². The first kappa shape index (κ1) is 53.0. The molecule has 4 rings (SSSR count). The minimum Gasteiger partial charge on any atom is -0.502 e. The maximum absolute atomic E-state index is 11.7. The molecule has 2 aliphatic heterocycles. The van der Waals surface area contributed by atoms with Gasteiger partial charge in [0.25, 0.3) is 11.1 Å². The van der Waals surface area contributed by atoms with Crippen LogP contribution in [0.15, 0.2) is 32.3 Å². The Morgan fingerprint density at radius 1 is 0.889 bits per heavy atom. The fraction of sp³-hybridized carbons (Fsp3) is 0.667. The van der Waals surface area contributed by atoms with Crippen molar-refractivity contribution in [2.45, 2.75) is 109 Å². The van der Waals surface area contributed by atoms with Gasteiger partial charge in [0.1, 0.15) is 6.61 Å². The summed E-state index contributed by atoms with van der Waals surface area (Å²) in [5.74, 6) is 2.18. The molecule has 2 saturated heterocycles. The molecular formula is C33H60N8O9S4. The number of aromatic nitrogens is 4. The molecule has 0 aliphatic carbocycles. The van der Waals surface area contributed by atoms with Gasteiger partial charge in [-0.2, -0.15) is 0 Å². The number of ether oxygens (including phenoxy) is 5. The summed E-state index contributed by atoms with van der Waals surface area (Å²) in [5.41, 5.74) is 13.5. The third-order valence-electron chi connectivity index (χ3n) is 5.59. The van der Waals surface area contributed by atoms with Crippen molar-refractivity contribution < 1.29 is 33.6 Å². The number of amidine groups is 1. The first-order chi connectivity index (χ1) is 25.8. The number of carbonyl (C=O) groups excluding carboxylic acids is 1. The molecule has 2 aliphatic rings. The molecule has 2 atom stereocenters. The van der Waals surface area contributed by atoms with Gasteiger partial charge in [-0.05, 0) is 68.5 Å². The van der Waals surface area contributed by atoms with Crippen LogP contribution in [0.4, 0.5) is 0 Å². The summed E-state index contributed by atoms with van der Waals surface area (Å²) in [5, 5.41) is 16.8. The lowest BCUT2D eigenvalue weighted by molar-refractivity contribution is -0.181. The first-order valence-electron chi connectivity index (χ1n) is 17.6. The van der Waals surface area contributed by atoms with Crippen molar-refractivity contribution in [3.8, 4) is 11.5 Å². The van der Waals surface area contributed by atoms with Crippen molar-refractivity contribution in [1.29, 1.82) is 5.41 Å². The second kappa shape index (κ2) is 35.6. The van der Waals surface area contributed by atoms with Crippen molar-refractivity contribution in [2.24, 2.45) is 17.2 Å². The molecule has 54 heavy (non-hydrogen) atoms. The van der Waals surface area contributed by atoms with E-state index in [4.69, 9.17) is 39.9 Å². The van der Waals surface area contributed by atoms with Crippen LogP contribution in [0, 0.1) is 5.41 Å². The largest absolute Gasteiger partial charge is 0.502 e. The summed E-state index contributed by atoms with van der Waals surface area (Å²) in [6.45, 7) is 13.8. The number of hydrogen-bond donors (Lipinski definition) is 7. The Hall–Kier alpha value is -3.08. The smallest absolute Gasteiger partial charge is 0.332 e. The number of aromatic amines is 2. The quantitative estimate of drug-likeness (QED) is 0.0403. The molecule has 0 saturated carbocycles. The monoisotopic (exact) mass is 840 g/mol. The van der Waals surface area contributed by atoms with Crippen molar-refractivity contribution in [2.75, 3.05) is 43.7 Å². The molecule has 0 radical (unpaired) electrons. The number of nitrogens with zero attached hydrogens (tertiary/aromatic N) is 2. The molecule has 0 aromatic carbocycles. The third kappa shape index (κ3) is 31.3. The van der Waals surface area contributed by atoms with Crippen molar-refractivity contribution in [3.05, 3.63) is 33.1 Å². The van der Waals surface area contributed by atoms with E-state index in [0.29, 0.717) is 23.5 Å². The highest BCUT2D eigenvalue weighted by Crippen LogP contribution is 2.17. The minimum atomic E-state index is -0.490. The van der Waals surface area contributed by atoms with Gasteiger partial charge in [-0.25, -0.2) is 14.8 Å². The molecule has 0 spiro atoms. The average molecular weight is 841 g/mol. The van der Waals surface area contributed by atoms with Gasteiger partial charge in [-0.15, -0.1) is 0 Å². The summed E-state index contributed by atoms with van der Waals surface area (Å²) in [6.07, 6.45) is 9.36. The van der Waals surface area contributed by atoms with E-state index in [0.717, 1.165) is 68.6 Å². The molecule has 2 aromatic heterocycles. The van der Waals surface area contributed by atoms with Gasteiger partial charge in [0.05, 0.1) is 25.6 Å². The molecule has 2 fully saturated rings. The van der Waals surface area contributed by atoms with Crippen LogP contribution in [0.3, 0.4) is 0 Å². The summed E-state index contributed by atoms with van der Waals surface area (Å²) in [7, 11) is 0. The molecule has 0 amide bonds. The Morgan fingerprint density at radius 3 is 1.78 bits per heavy atom. The van der Waals surface area contributed by atoms with Gasteiger partial charge in [0.2, 0.25) is 5.75 Å². The second-order valence-electron chi connectivity index (χ2n) is 10.4. The maximum atomic E-state index is 11.7. The standard InChI is InChI=1S/C11H16N2O3S.C9H16O4.C6H8N2O2S.C3H8N2S.C3H8.CH4N2S/c1-2-17-11-12-7-8(10(14)13-11)16-9-5-3-4-6-15-9;1-2-11-8(10)7-13-9-5-3-4-6-12-9;1-2-11-6-7-3-4(9)5(10)8-6;1-2-6-3(4)5;1-3-2;2-1(3)4/h7,9H,2-6H2,1H3,(H,12,13,14);9H,2-7H2,1H3;3,9H,2H2,1H3,(H,7,8,10);2H2,1H3,(H3,4,5);3H2,1-2H3;(H4,2,3,4). The fourth-order valence-corrected chi connectivity index (χ4v) is 4.99. The SMILES string of the molecule is CCC.CCOC(=O)COC1CCCCO1.CCSC(=N)N.CCSc1ncc(O)c(=O)[nH]1.CCSc1ncc(OC2CCCCO2)c(=O)[nH]1.NC(N)=S. The number of thioether (sulfide) groups is 3. The van der Waals surface area contributed by atoms with E-state index in [1.807, 2.05) is 20.8 Å². The van der Waals surface area contributed by atoms with Gasteiger partial charge in [-0.1, -0.05) is 76.3 Å². The number of thiocarbonyl (C=S) groups is 1. The van der Waals surface area contributed by atoms with Crippen LogP contribution < -0.4 is 33.1 Å². The molecule has 2 unspecified atom stereocenters. The van der Waals surface area contributed by atoms with Gasteiger partial charge >= 0.3 is 5.97 Å². The zero-order valence-electron chi connectivity index (χ0n) is 32.2. The Labute approximate surface area is 336 Å². The normalized spacial score (nSPS) is 15.5. The van der Waals surface area contributed by atoms with Crippen LogP contribution in [0.1, 0.15) is 86.5 Å². The van der Waals surface area contributed by atoms with E-state index < -0.39 is 5.56 Å². The third-order valence-corrected chi connectivity index (χ3v) is 7.73. The number of carbonyl (C=O) groups is 1. The number of rotatable bonds is 11. The molecule has 310 valence electrons. The summed E-state index contributed by atoms with van der Waals surface area (Å²) < 4.78 is 26.1. The topological polar surface area (TPSA) is 277 Å². The molecule has 10 N–H and O–H groups in total. The number of nitrogens with one attached hydrogen (secondary N) is 3. The van der Waals surface area contributed by atoms with Crippen LogP contribution in [-0.4, -0.2) is 97.6 Å². The van der Waals surface area contributed by atoms with Gasteiger partial charge in [-0.3, -0.25) is 25.0 Å². The average Bonchev–Trinajstić information content (AvgIpc) is 3.12. The Bertz CT molecular complexity index is 1390. The highest BCUT2D eigenvalue weighted by molar-refractivity contribution is 8.13. The molecule has 17 nitrogen and oxygen atoms in total. The summed E-state index contributed by atoms with van der Waals surface area (Å²) in [6, 6.07) is 0. The van der Waals surface area contributed by atoms with Crippen LogP contribution >= 0.6 is 47.5 Å². The zero-order valence-corrected chi connectivity index (χ0v) is 35.4. The number of esters is 1. The molecule has 4 heterocycles. The zero-order chi connectivity index (χ0) is 41.1. The van der Waals surface area contributed by atoms with Crippen molar-refractivity contribution >= 4 is 63.8 Å². The maximum Gasteiger partial charge on any atom is 0.332 e. The van der Waals surface area contributed by atoms with E-state index >= 15 is 0 Å². The van der Waals surface area contributed by atoms with Crippen LogP contribution in [0.25, 0.3) is 0 Å². The lowest BCUT2D eigenvalue weighted by atomic mass is 10.2. The molecule has 0 bridgehead atoms. The second-order valence-corrected chi connectivity index (χ2v) is 14.7. The van der Waals surface area contributed by atoms with Crippen LogP contribution in [0.5, 0.6) is 11.5 Å². The molecule has 2 aromatic rings. The predicted molar refractivity (Wildman–Crippen MR) is 222 cm³/mol. The number of aromatic hydroxyl groups is 1. The summed E-state index contributed by atoms with van der Waals surface area (Å²) in [4.78, 5) is 46.4. The van der Waals surface area contributed by atoms with Gasteiger partial charge in [0, 0.05) is 13.0 Å². The van der Waals surface area contributed by atoms with E-state index in [-0.39, 0.29) is 52.5 Å². The van der Waals surface area contributed by atoms with E-state index in [2.05, 4.69) is 57.5 Å². The molecule has 21 heteroatoms. The van der Waals surface area contributed by atoms with E-state index in [1.165, 1.54) is 47.9 Å². The number of H-pyrrole nitrogens is 2. The summed E-state index contributed by atoms with van der Waals surface area (Å²) >= 11 is 8.35. The highest BCUT2D eigenvalue weighted by atomic mass is 32.2. The Balaban J connectivity index is 0. The highest BCUT2D eigenvalue weighted by Gasteiger charge is 2.17. The van der Waals surface area contributed by atoms with Gasteiger partial charge in [0.15, 0.2) is 38.9 Å². The molecular weight excluding hydrogens is 781 g/mol. The predicted octanol–water partition coefficient (Wildman–Crippen LogP) is 4.71. The number of nitrogens with two attached hydrogens (primary N) is 3. The first-order valence-corrected chi connectivity index (χ1v) is 21.0. The number of hydrogen-bond acceptors (Lipinski definition) is 16. The van der Waals surface area contributed by atoms with E-state index in [9.17, 15) is 14.4 Å². The fourth-order valence-electron chi connectivity index (χ4n) is 3.55. The van der Waals surface area contributed by atoms with Gasteiger partial charge < -0.3 is 46.0 Å². The lowest BCUT2D eigenvalue weighted by Gasteiger charge is -2.22. The van der Waals surface area contributed by atoms with Crippen molar-refractivity contribution in [1.82, 2.24) is 19.9 Å². The van der Waals surface area contributed by atoms with E-state index in [1.54, 1.807) is 6.92 Å². The van der Waals surface area contributed by atoms with Crippen LogP contribution in [-0.2, 0) is 23.7 Å². The lowest BCUT2D eigenvalue weighted by Crippen LogP contribution is -2.27. The minimum absolute atomic E-state index is 0.000000000000000222. The Morgan fingerprint density at radius 2 is 1.39 bits per heavy atom. The Kier molecular flexibility index (Phi) is 35.0. The van der Waals surface area contributed by atoms with Crippen LogP contribution in [0.2, 0.25) is 0 Å².